The third-order valence-corrected chi connectivity index (χ3v) is 5.26. The molecule has 0 radical (unpaired) electrons. The van der Waals surface area contributed by atoms with E-state index in [2.05, 4.69) is 10.6 Å². The first kappa shape index (κ1) is 21.2. The quantitative estimate of drug-likeness (QED) is 0.811. The molecule has 3 rings (SSSR count). The summed E-state index contributed by atoms with van der Waals surface area (Å²) in [4.78, 5) is 26.0. The number of rotatable bonds is 5. The van der Waals surface area contributed by atoms with Gasteiger partial charge in [0.15, 0.2) is 0 Å². The second-order valence-corrected chi connectivity index (χ2v) is 6.85. The number of nitrogens with one attached hydrogen (secondary N) is 2. The molecule has 8 heteroatoms. The molecule has 7 nitrogen and oxygen atoms in total. The Kier molecular flexibility index (Phi) is 6.86. The molecule has 0 unspecified atom stereocenters. The molecule has 1 aliphatic heterocycles. The summed E-state index contributed by atoms with van der Waals surface area (Å²) in [6.45, 7) is 3.71. The van der Waals surface area contributed by atoms with Crippen molar-refractivity contribution in [3.63, 3.8) is 0 Å². The summed E-state index contributed by atoms with van der Waals surface area (Å²) < 4.78 is 8.65. The molecular formula is C19H27ClN4O3. The lowest BCUT2D eigenvalue weighted by Crippen LogP contribution is -2.48. The summed E-state index contributed by atoms with van der Waals surface area (Å²) in [5.74, 6) is -0.146. The van der Waals surface area contributed by atoms with Crippen LogP contribution < -0.4 is 16.2 Å². The van der Waals surface area contributed by atoms with Crippen LogP contribution >= 0.6 is 12.4 Å². The summed E-state index contributed by atoms with van der Waals surface area (Å²) in [5.41, 5.74) is 0.971. The van der Waals surface area contributed by atoms with Crippen molar-refractivity contribution in [2.45, 2.75) is 19.8 Å². The van der Waals surface area contributed by atoms with Crippen molar-refractivity contribution in [3.8, 4) is 5.69 Å². The summed E-state index contributed by atoms with van der Waals surface area (Å²) in [6.07, 6.45) is 1.37. The van der Waals surface area contributed by atoms with E-state index in [1.165, 1.54) is 0 Å². The Morgan fingerprint density at radius 1 is 1.26 bits per heavy atom. The lowest BCUT2D eigenvalue weighted by Gasteiger charge is -2.35. The maximum Gasteiger partial charge on any atom is 0.295 e. The fourth-order valence-electron chi connectivity index (χ4n) is 3.58. The van der Waals surface area contributed by atoms with Crippen molar-refractivity contribution in [3.05, 3.63) is 46.4 Å². The van der Waals surface area contributed by atoms with E-state index >= 15 is 0 Å². The monoisotopic (exact) mass is 394 g/mol. The van der Waals surface area contributed by atoms with Gasteiger partial charge in [0.1, 0.15) is 5.69 Å². The van der Waals surface area contributed by atoms with Gasteiger partial charge >= 0.3 is 0 Å². The van der Waals surface area contributed by atoms with Crippen molar-refractivity contribution < 1.29 is 9.53 Å². The molecule has 0 bridgehead atoms. The standard InChI is InChI=1S/C19H26N4O3.ClH/c1-14-16(17(24)23(22(14)2)15-7-5-4-6-8-15)21-18(25)19(13-26-3)9-11-20-12-10-19;/h4-8,20H,9-13H2,1-3H3,(H,21,25);1H. The van der Waals surface area contributed by atoms with Crippen molar-refractivity contribution >= 4 is 24.0 Å². The molecule has 0 atom stereocenters. The fraction of sp³-hybridized carbons (Fsp3) is 0.474. The summed E-state index contributed by atoms with van der Waals surface area (Å²) in [6, 6.07) is 9.39. The van der Waals surface area contributed by atoms with Crippen molar-refractivity contribution in [2.24, 2.45) is 12.5 Å². The smallest absolute Gasteiger partial charge is 0.295 e. The molecule has 0 spiro atoms. The van der Waals surface area contributed by atoms with Gasteiger partial charge in [-0.25, -0.2) is 4.68 Å². The van der Waals surface area contributed by atoms with Crippen LogP contribution in [0.1, 0.15) is 18.5 Å². The number of benzene rings is 1. The van der Waals surface area contributed by atoms with Gasteiger partial charge in [-0.05, 0) is 45.0 Å². The van der Waals surface area contributed by atoms with Crippen LogP contribution in [0.25, 0.3) is 5.69 Å². The van der Waals surface area contributed by atoms with Gasteiger partial charge in [-0.15, -0.1) is 12.4 Å². The fourth-order valence-corrected chi connectivity index (χ4v) is 3.58. The number of methoxy groups -OCH3 is 1. The van der Waals surface area contributed by atoms with Crippen LogP contribution in [0.15, 0.2) is 35.1 Å². The first-order valence-electron chi connectivity index (χ1n) is 8.85. The number of nitrogens with zero attached hydrogens (tertiary/aromatic N) is 2. The van der Waals surface area contributed by atoms with E-state index < -0.39 is 5.41 Å². The van der Waals surface area contributed by atoms with E-state index in [1.54, 1.807) is 16.5 Å². The lowest BCUT2D eigenvalue weighted by atomic mass is 9.78. The molecule has 1 aromatic heterocycles. The Hall–Kier alpha value is -2.09. The topological polar surface area (TPSA) is 77.3 Å². The molecule has 1 amide bonds. The molecule has 0 saturated carbocycles. The first-order valence-corrected chi connectivity index (χ1v) is 8.85. The van der Waals surface area contributed by atoms with Crippen molar-refractivity contribution in [2.75, 3.05) is 32.1 Å². The van der Waals surface area contributed by atoms with Crippen LogP contribution in [0.3, 0.4) is 0 Å². The SMILES string of the molecule is COCC1(C(=O)Nc2c(C)n(C)n(-c3ccccc3)c2=O)CCNCC1.Cl. The number of hydrogen-bond acceptors (Lipinski definition) is 4. The molecule has 2 aromatic rings. The average Bonchev–Trinajstić information content (AvgIpc) is 2.87. The molecule has 27 heavy (non-hydrogen) atoms. The van der Waals surface area contributed by atoms with Crippen LogP contribution in [0.5, 0.6) is 0 Å². The third-order valence-electron chi connectivity index (χ3n) is 5.26. The average molecular weight is 395 g/mol. The minimum Gasteiger partial charge on any atom is -0.384 e. The number of amides is 1. The molecule has 2 heterocycles. The van der Waals surface area contributed by atoms with E-state index in [0.29, 0.717) is 30.8 Å². The zero-order valence-electron chi connectivity index (χ0n) is 15.9. The van der Waals surface area contributed by atoms with Gasteiger partial charge in [0, 0.05) is 14.2 Å². The molecular weight excluding hydrogens is 368 g/mol. The molecule has 2 N–H and O–H groups in total. The second-order valence-electron chi connectivity index (χ2n) is 6.85. The number of ether oxygens (including phenoxy) is 1. The highest BCUT2D eigenvalue weighted by Crippen LogP contribution is 2.31. The Bertz CT molecular complexity index is 833. The van der Waals surface area contributed by atoms with Gasteiger partial charge in [0.05, 0.1) is 23.4 Å². The van der Waals surface area contributed by atoms with Crippen molar-refractivity contribution in [1.29, 1.82) is 0 Å². The van der Waals surface area contributed by atoms with Gasteiger partial charge < -0.3 is 15.4 Å². The van der Waals surface area contributed by atoms with Crippen LogP contribution in [-0.2, 0) is 16.6 Å². The highest BCUT2D eigenvalue weighted by atomic mass is 35.5. The van der Waals surface area contributed by atoms with Gasteiger partial charge in [-0.3, -0.25) is 14.3 Å². The zero-order chi connectivity index (χ0) is 18.7. The molecule has 0 aliphatic carbocycles. The van der Waals surface area contributed by atoms with Gasteiger partial charge in [-0.1, -0.05) is 18.2 Å². The first-order chi connectivity index (χ1) is 12.5. The predicted molar refractivity (Wildman–Crippen MR) is 108 cm³/mol. The van der Waals surface area contributed by atoms with E-state index in [9.17, 15) is 9.59 Å². The Labute approximate surface area is 165 Å². The van der Waals surface area contributed by atoms with Crippen LogP contribution in [0.2, 0.25) is 0 Å². The number of carbonyl (C=O) groups excluding carboxylic acids is 1. The molecule has 1 aliphatic rings. The summed E-state index contributed by atoms with van der Waals surface area (Å²) in [5, 5.41) is 6.17. The summed E-state index contributed by atoms with van der Waals surface area (Å²) >= 11 is 0. The van der Waals surface area contributed by atoms with Crippen LogP contribution in [0.4, 0.5) is 5.69 Å². The maximum absolute atomic E-state index is 13.1. The number of aromatic nitrogens is 2. The second kappa shape index (κ2) is 8.73. The zero-order valence-corrected chi connectivity index (χ0v) is 16.8. The molecule has 148 valence electrons. The number of para-hydroxylation sites is 1. The maximum atomic E-state index is 13.1. The largest absolute Gasteiger partial charge is 0.384 e. The number of anilines is 1. The number of carbonyl (C=O) groups is 1. The predicted octanol–water partition coefficient (Wildman–Crippen LogP) is 1.86. The third kappa shape index (κ3) is 3.95. The van der Waals surface area contributed by atoms with Gasteiger partial charge in [-0.2, -0.15) is 0 Å². The highest BCUT2D eigenvalue weighted by molar-refractivity contribution is 5.96. The van der Waals surface area contributed by atoms with E-state index in [-0.39, 0.29) is 23.9 Å². The highest BCUT2D eigenvalue weighted by Gasteiger charge is 2.40. The van der Waals surface area contributed by atoms with E-state index in [0.717, 1.165) is 18.8 Å². The van der Waals surface area contributed by atoms with Crippen LogP contribution in [0, 0.1) is 12.3 Å². The molecule has 1 fully saturated rings. The Morgan fingerprint density at radius 3 is 2.48 bits per heavy atom. The lowest BCUT2D eigenvalue weighted by molar-refractivity contribution is -0.130. The Morgan fingerprint density at radius 2 is 1.89 bits per heavy atom. The van der Waals surface area contributed by atoms with Gasteiger partial charge in [0.25, 0.3) is 5.56 Å². The number of hydrogen-bond donors (Lipinski definition) is 2. The van der Waals surface area contributed by atoms with E-state index in [4.69, 9.17) is 4.74 Å². The number of piperidine rings is 1. The molecule has 1 aromatic carbocycles. The van der Waals surface area contributed by atoms with Crippen molar-refractivity contribution in [1.82, 2.24) is 14.7 Å². The number of halogens is 1. The summed E-state index contributed by atoms with van der Waals surface area (Å²) in [7, 11) is 3.42. The van der Waals surface area contributed by atoms with Gasteiger partial charge in [0.2, 0.25) is 5.91 Å². The van der Waals surface area contributed by atoms with Crippen LogP contribution in [-0.4, -0.2) is 42.1 Å². The molecule has 1 saturated heterocycles. The normalized spacial score (nSPS) is 15.8. The van der Waals surface area contributed by atoms with E-state index in [1.807, 2.05) is 44.3 Å². The minimum atomic E-state index is -0.605. The Balaban J connectivity index is 0.00000261. The minimum absolute atomic E-state index is 0.